The Morgan fingerprint density at radius 2 is 1.79 bits per heavy atom. The van der Waals surface area contributed by atoms with Crippen LogP contribution in [0.3, 0.4) is 0 Å². The molecule has 1 saturated carbocycles. The first kappa shape index (κ1) is 20.8. The SMILES string of the molecule is NC(=O)C[C@H]1CCN(C(=O)c2ccc3c(c2)N(c2ncc(-c4ccccc4)cn2)CC32CC2)C1. The van der Waals surface area contributed by atoms with E-state index in [1.807, 2.05) is 59.8 Å². The smallest absolute Gasteiger partial charge is 0.253 e. The Bertz CT molecular complexity index is 1250. The van der Waals surface area contributed by atoms with E-state index in [4.69, 9.17) is 15.7 Å². The van der Waals surface area contributed by atoms with Crippen molar-refractivity contribution < 1.29 is 9.59 Å². The van der Waals surface area contributed by atoms with Crippen LogP contribution in [0.1, 0.15) is 41.6 Å². The monoisotopic (exact) mass is 453 g/mol. The lowest BCUT2D eigenvalue weighted by Gasteiger charge is -2.20. The fourth-order valence-corrected chi connectivity index (χ4v) is 5.46. The maximum atomic E-state index is 13.3. The molecule has 34 heavy (non-hydrogen) atoms. The second-order valence-electron chi connectivity index (χ2n) is 9.81. The van der Waals surface area contributed by atoms with Gasteiger partial charge in [0.15, 0.2) is 0 Å². The topological polar surface area (TPSA) is 92.4 Å². The van der Waals surface area contributed by atoms with Gasteiger partial charge in [-0.15, -0.1) is 0 Å². The van der Waals surface area contributed by atoms with Crippen LogP contribution in [-0.2, 0) is 10.2 Å². The average Bonchev–Trinajstić information content (AvgIpc) is 3.38. The van der Waals surface area contributed by atoms with Gasteiger partial charge >= 0.3 is 0 Å². The Morgan fingerprint density at radius 3 is 2.50 bits per heavy atom. The van der Waals surface area contributed by atoms with Crippen molar-refractivity contribution in [3.63, 3.8) is 0 Å². The van der Waals surface area contributed by atoms with E-state index >= 15 is 0 Å². The highest BCUT2D eigenvalue weighted by Gasteiger charge is 2.52. The molecule has 2 aliphatic heterocycles. The van der Waals surface area contributed by atoms with Crippen LogP contribution in [0.25, 0.3) is 11.1 Å². The van der Waals surface area contributed by atoms with Gasteiger partial charge in [-0.05, 0) is 48.4 Å². The molecule has 2 aromatic carbocycles. The number of benzene rings is 2. The molecule has 0 radical (unpaired) electrons. The van der Waals surface area contributed by atoms with Gasteiger partial charge in [0, 0.05) is 60.7 Å². The fraction of sp³-hybridized carbons (Fsp3) is 0.333. The van der Waals surface area contributed by atoms with E-state index < -0.39 is 0 Å². The average molecular weight is 454 g/mol. The summed E-state index contributed by atoms with van der Waals surface area (Å²) in [5.74, 6) is 0.517. The van der Waals surface area contributed by atoms with Gasteiger partial charge in [0.05, 0.1) is 0 Å². The molecule has 1 aromatic heterocycles. The van der Waals surface area contributed by atoms with Gasteiger partial charge in [-0.2, -0.15) is 0 Å². The Labute approximate surface area is 198 Å². The quantitative estimate of drug-likeness (QED) is 0.636. The number of carbonyl (C=O) groups excluding carboxylic acids is 2. The number of nitrogens with zero attached hydrogens (tertiary/aromatic N) is 4. The van der Waals surface area contributed by atoms with Crippen molar-refractivity contribution in [1.82, 2.24) is 14.9 Å². The van der Waals surface area contributed by atoms with E-state index in [9.17, 15) is 9.59 Å². The van der Waals surface area contributed by atoms with Crippen molar-refractivity contribution in [2.75, 3.05) is 24.5 Å². The molecule has 2 fully saturated rings. The first-order valence-corrected chi connectivity index (χ1v) is 11.9. The van der Waals surface area contributed by atoms with Crippen LogP contribution in [0, 0.1) is 5.92 Å². The first-order valence-electron chi connectivity index (χ1n) is 11.9. The molecule has 3 aliphatic rings. The summed E-state index contributed by atoms with van der Waals surface area (Å²) in [5.41, 5.74) is 10.6. The molecular weight excluding hydrogens is 426 g/mol. The van der Waals surface area contributed by atoms with Crippen LogP contribution in [-0.4, -0.2) is 46.3 Å². The molecule has 1 atom stereocenters. The van der Waals surface area contributed by atoms with E-state index in [2.05, 4.69) is 11.0 Å². The van der Waals surface area contributed by atoms with Crippen LogP contribution in [0.5, 0.6) is 0 Å². The van der Waals surface area contributed by atoms with E-state index in [0.29, 0.717) is 31.0 Å². The third kappa shape index (κ3) is 3.61. The molecule has 7 heteroatoms. The Morgan fingerprint density at radius 1 is 1.03 bits per heavy atom. The minimum atomic E-state index is -0.305. The van der Waals surface area contributed by atoms with Gasteiger partial charge in [-0.3, -0.25) is 9.59 Å². The van der Waals surface area contributed by atoms with Crippen molar-refractivity contribution >= 4 is 23.5 Å². The molecule has 0 unspecified atom stereocenters. The number of anilines is 2. The molecule has 7 nitrogen and oxygen atoms in total. The molecule has 1 spiro atoms. The summed E-state index contributed by atoms with van der Waals surface area (Å²) in [5, 5.41) is 0. The number of carbonyl (C=O) groups is 2. The number of likely N-dealkylation sites (tertiary alicyclic amines) is 1. The molecule has 172 valence electrons. The van der Waals surface area contributed by atoms with E-state index in [1.54, 1.807) is 0 Å². The van der Waals surface area contributed by atoms with E-state index in [1.165, 1.54) is 5.56 Å². The largest absolute Gasteiger partial charge is 0.370 e. The lowest BCUT2D eigenvalue weighted by Crippen LogP contribution is -2.29. The normalized spacial score (nSPS) is 19.9. The first-order chi connectivity index (χ1) is 16.5. The highest BCUT2D eigenvalue weighted by molar-refractivity contribution is 5.96. The van der Waals surface area contributed by atoms with Gasteiger partial charge in [0.1, 0.15) is 0 Å². The lowest BCUT2D eigenvalue weighted by molar-refractivity contribution is -0.118. The van der Waals surface area contributed by atoms with Crippen LogP contribution in [0.2, 0.25) is 0 Å². The number of hydrogen-bond donors (Lipinski definition) is 1. The van der Waals surface area contributed by atoms with Crippen LogP contribution >= 0.6 is 0 Å². The maximum absolute atomic E-state index is 13.3. The summed E-state index contributed by atoms with van der Waals surface area (Å²) >= 11 is 0. The zero-order chi connectivity index (χ0) is 23.3. The molecule has 3 heterocycles. The minimum Gasteiger partial charge on any atom is -0.370 e. The number of amides is 2. The zero-order valence-electron chi connectivity index (χ0n) is 19.0. The maximum Gasteiger partial charge on any atom is 0.253 e. The van der Waals surface area contributed by atoms with Gasteiger partial charge in [0.2, 0.25) is 11.9 Å². The standard InChI is InChI=1S/C27H27N5O2/c28-24(33)12-18-8-11-31(16-18)25(34)20-6-7-22-23(13-20)32(17-27(22)9-10-27)26-29-14-21(15-30-26)19-4-2-1-3-5-19/h1-7,13-15,18H,8-12,16-17H2,(H2,28,33)/t18-/m1/s1. The molecule has 6 rings (SSSR count). The molecule has 3 aromatic rings. The van der Waals surface area contributed by atoms with Crippen molar-refractivity contribution in [2.45, 2.75) is 31.1 Å². The lowest BCUT2D eigenvalue weighted by atomic mass is 9.97. The summed E-state index contributed by atoms with van der Waals surface area (Å²) < 4.78 is 0. The number of nitrogens with two attached hydrogens (primary N) is 1. The molecule has 1 saturated heterocycles. The highest BCUT2D eigenvalue weighted by atomic mass is 16.2. The number of fused-ring (bicyclic) bond motifs is 2. The molecular formula is C27H27N5O2. The Balaban J connectivity index is 1.27. The third-order valence-electron chi connectivity index (χ3n) is 7.47. The predicted octanol–water partition coefficient (Wildman–Crippen LogP) is 3.66. The van der Waals surface area contributed by atoms with Gasteiger partial charge in [-0.1, -0.05) is 36.4 Å². The Hall–Kier alpha value is -3.74. The zero-order valence-corrected chi connectivity index (χ0v) is 19.0. The van der Waals surface area contributed by atoms with Crippen molar-refractivity contribution in [2.24, 2.45) is 11.7 Å². The number of hydrogen-bond acceptors (Lipinski definition) is 5. The number of rotatable bonds is 5. The molecule has 2 N–H and O–H groups in total. The van der Waals surface area contributed by atoms with Crippen molar-refractivity contribution in [1.29, 1.82) is 0 Å². The predicted molar refractivity (Wildman–Crippen MR) is 130 cm³/mol. The minimum absolute atomic E-state index is 0.00631. The summed E-state index contributed by atoms with van der Waals surface area (Å²) in [6.45, 7) is 2.08. The number of primary amides is 1. The summed E-state index contributed by atoms with van der Waals surface area (Å²) in [4.78, 5) is 37.9. The van der Waals surface area contributed by atoms with Crippen LogP contribution in [0.4, 0.5) is 11.6 Å². The van der Waals surface area contributed by atoms with E-state index in [0.717, 1.165) is 42.6 Å². The summed E-state index contributed by atoms with van der Waals surface area (Å²) in [6.07, 6.45) is 7.18. The molecule has 0 bridgehead atoms. The van der Waals surface area contributed by atoms with Gasteiger partial charge in [0.25, 0.3) is 5.91 Å². The highest BCUT2D eigenvalue weighted by Crippen LogP contribution is 2.57. The van der Waals surface area contributed by atoms with Gasteiger partial charge < -0.3 is 15.5 Å². The van der Waals surface area contributed by atoms with Gasteiger partial charge in [-0.25, -0.2) is 9.97 Å². The summed E-state index contributed by atoms with van der Waals surface area (Å²) in [6, 6.07) is 16.2. The van der Waals surface area contributed by atoms with Crippen molar-refractivity contribution in [3.8, 4) is 11.1 Å². The van der Waals surface area contributed by atoms with E-state index in [-0.39, 0.29) is 23.1 Å². The molecule has 2 amide bonds. The van der Waals surface area contributed by atoms with Crippen LogP contribution < -0.4 is 10.6 Å². The second-order valence-corrected chi connectivity index (χ2v) is 9.81. The number of aromatic nitrogens is 2. The third-order valence-corrected chi connectivity index (χ3v) is 7.47. The second kappa shape index (κ2) is 7.94. The van der Waals surface area contributed by atoms with Crippen molar-refractivity contribution in [3.05, 3.63) is 72.1 Å². The fourth-order valence-electron chi connectivity index (χ4n) is 5.46. The molecule has 1 aliphatic carbocycles. The summed E-state index contributed by atoms with van der Waals surface area (Å²) in [7, 11) is 0. The van der Waals surface area contributed by atoms with Crippen LogP contribution in [0.15, 0.2) is 60.9 Å². The Kier molecular flexibility index (Phi) is 4.86.